The van der Waals surface area contributed by atoms with Gasteiger partial charge in [-0.15, -0.1) is 0 Å². The molecular formula is C9H15N5O2S. The number of thioether (sulfide) groups is 1. The highest BCUT2D eigenvalue weighted by Crippen LogP contribution is 2.17. The fraction of sp³-hybridized carbons (Fsp3) is 0.556. The second kappa shape index (κ2) is 6.24. The molecule has 0 aliphatic carbocycles. The number of hydrogen-bond acceptors (Lipinski definition) is 7. The lowest BCUT2D eigenvalue weighted by molar-refractivity contribution is -0.125. The molecule has 1 aromatic rings. The van der Waals surface area contributed by atoms with Gasteiger partial charge in [-0.2, -0.15) is 15.0 Å². The lowest BCUT2D eigenvalue weighted by Gasteiger charge is -2.09. The summed E-state index contributed by atoms with van der Waals surface area (Å²) in [6, 6.07) is 0.226. The lowest BCUT2D eigenvalue weighted by Crippen LogP contribution is -2.23. The average molecular weight is 257 g/mol. The van der Waals surface area contributed by atoms with Gasteiger partial charge in [0.25, 0.3) is 0 Å². The van der Waals surface area contributed by atoms with Gasteiger partial charge in [0.05, 0.1) is 12.9 Å². The number of carbonyl (C=O) groups is 1. The van der Waals surface area contributed by atoms with E-state index in [9.17, 15) is 4.79 Å². The van der Waals surface area contributed by atoms with Gasteiger partial charge in [-0.1, -0.05) is 11.8 Å². The normalized spacial score (nSPS) is 9.88. The number of aromatic nitrogens is 3. The van der Waals surface area contributed by atoms with E-state index in [1.165, 1.54) is 23.8 Å². The summed E-state index contributed by atoms with van der Waals surface area (Å²) in [6.45, 7) is 0. The van der Waals surface area contributed by atoms with Crippen LogP contribution in [0.3, 0.4) is 0 Å². The summed E-state index contributed by atoms with van der Waals surface area (Å²) < 4.78 is 4.94. The summed E-state index contributed by atoms with van der Waals surface area (Å²) >= 11 is 1.24. The molecule has 17 heavy (non-hydrogen) atoms. The maximum atomic E-state index is 11.4. The quantitative estimate of drug-likeness (QED) is 0.749. The number of anilines is 1. The second-order valence-electron chi connectivity index (χ2n) is 3.26. The molecule has 0 radical (unpaired) electrons. The monoisotopic (exact) mass is 257 g/mol. The molecule has 0 aliphatic heterocycles. The molecule has 7 nitrogen and oxygen atoms in total. The van der Waals surface area contributed by atoms with Crippen molar-refractivity contribution in [2.24, 2.45) is 0 Å². The van der Waals surface area contributed by atoms with E-state index in [4.69, 9.17) is 4.74 Å². The molecule has 0 aliphatic rings. The van der Waals surface area contributed by atoms with Gasteiger partial charge in [-0.05, 0) is 0 Å². The zero-order valence-corrected chi connectivity index (χ0v) is 11.0. The highest BCUT2D eigenvalue weighted by molar-refractivity contribution is 7.99. The Hall–Kier alpha value is -1.57. The van der Waals surface area contributed by atoms with Crippen LogP contribution in [-0.4, -0.2) is 59.8 Å². The second-order valence-corrected chi connectivity index (χ2v) is 4.20. The van der Waals surface area contributed by atoms with Gasteiger partial charge in [0.15, 0.2) is 5.16 Å². The zero-order chi connectivity index (χ0) is 12.8. The number of ether oxygens (including phenoxy) is 1. The Morgan fingerprint density at radius 1 is 1.41 bits per heavy atom. The minimum atomic E-state index is 0.000358. The van der Waals surface area contributed by atoms with E-state index in [2.05, 4.69) is 20.3 Å². The molecule has 0 bridgehead atoms. The van der Waals surface area contributed by atoms with Crippen molar-refractivity contribution in [3.05, 3.63) is 0 Å². The number of amides is 1. The fourth-order valence-electron chi connectivity index (χ4n) is 0.861. The van der Waals surface area contributed by atoms with Crippen LogP contribution in [0.5, 0.6) is 6.01 Å². The average Bonchev–Trinajstić information content (AvgIpc) is 2.35. The first-order chi connectivity index (χ1) is 8.06. The van der Waals surface area contributed by atoms with Gasteiger partial charge in [0, 0.05) is 21.1 Å². The third-order valence-electron chi connectivity index (χ3n) is 1.82. The molecule has 0 spiro atoms. The van der Waals surface area contributed by atoms with E-state index in [0.29, 0.717) is 11.1 Å². The predicted molar refractivity (Wildman–Crippen MR) is 65.3 cm³/mol. The van der Waals surface area contributed by atoms with Crippen LogP contribution in [0.4, 0.5) is 5.95 Å². The van der Waals surface area contributed by atoms with E-state index >= 15 is 0 Å². The SMILES string of the molecule is CNc1nc(OC)nc(SCC(=O)N(C)C)n1. The van der Waals surface area contributed by atoms with Crippen molar-refractivity contribution in [2.45, 2.75) is 5.16 Å². The van der Waals surface area contributed by atoms with Gasteiger partial charge in [0.2, 0.25) is 11.9 Å². The largest absolute Gasteiger partial charge is 0.467 e. The van der Waals surface area contributed by atoms with Crippen molar-refractivity contribution in [2.75, 3.05) is 39.3 Å². The van der Waals surface area contributed by atoms with Crippen LogP contribution < -0.4 is 10.1 Å². The summed E-state index contributed by atoms with van der Waals surface area (Å²) in [7, 11) is 6.59. The van der Waals surface area contributed by atoms with Crippen molar-refractivity contribution in [1.82, 2.24) is 19.9 Å². The molecule has 0 atom stereocenters. The molecule has 94 valence electrons. The van der Waals surface area contributed by atoms with E-state index in [1.54, 1.807) is 21.1 Å². The Kier molecular flexibility index (Phi) is 4.95. The third kappa shape index (κ3) is 4.06. The van der Waals surface area contributed by atoms with E-state index in [1.807, 2.05) is 0 Å². The Morgan fingerprint density at radius 2 is 2.12 bits per heavy atom. The Balaban J connectivity index is 2.73. The number of carbonyl (C=O) groups excluding carboxylic acids is 1. The molecule has 0 saturated heterocycles. The van der Waals surface area contributed by atoms with Crippen molar-refractivity contribution in [3.63, 3.8) is 0 Å². The maximum Gasteiger partial charge on any atom is 0.321 e. The van der Waals surface area contributed by atoms with E-state index < -0.39 is 0 Å². The summed E-state index contributed by atoms with van der Waals surface area (Å²) in [5, 5.41) is 3.26. The number of methoxy groups -OCH3 is 1. The molecule has 1 aromatic heterocycles. The molecule has 0 fully saturated rings. The molecule has 0 saturated carbocycles. The van der Waals surface area contributed by atoms with Gasteiger partial charge >= 0.3 is 6.01 Å². The summed E-state index contributed by atoms with van der Waals surface area (Å²) in [5.74, 6) is 0.695. The number of nitrogens with zero attached hydrogens (tertiary/aromatic N) is 4. The highest BCUT2D eigenvalue weighted by Gasteiger charge is 2.10. The van der Waals surface area contributed by atoms with Crippen molar-refractivity contribution >= 4 is 23.6 Å². The fourth-order valence-corrected chi connectivity index (χ4v) is 1.67. The van der Waals surface area contributed by atoms with Gasteiger partial charge < -0.3 is 15.0 Å². The molecule has 1 amide bonds. The summed E-state index contributed by atoms with van der Waals surface area (Å²) in [4.78, 5) is 25.0. The number of hydrogen-bond donors (Lipinski definition) is 1. The highest BCUT2D eigenvalue weighted by atomic mass is 32.2. The summed E-state index contributed by atoms with van der Waals surface area (Å²) in [6.07, 6.45) is 0. The van der Waals surface area contributed by atoms with Crippen LogP contribution in [0.15, 0.2) is 5.16 Å². The summed E-state index contributed by atoms with van der Waals surface area (Å²) in [5.41, 5.74) is 0. The van der Waals surface area contributed by atoms with Crippen LogP contribution in [0.25, 0.3) is 0 Å². The molecule has 1 N–H and O–H groups in total. The molecule has 0 unspecified atom stereocenters. The van der Waals surface area contributed by atoms with Crippen LogP contribution in [0, 0.1) is 0 Å². The van der Waals surface area contributed by atoms with E-state index in [0.717, 1.165) is 0 Å². The zero-order valence-electron chi connectivity index (χ0n) is 10.2. The minimum absolute atomic E-state index is 0.000358. The number of rotatable bonds is 5. The molecule has 1 rings (SSSR count). The number of nitrogens with one attached hydrogen (secondary N) is 1. The van der Waals surface area contributed by atoms with Gasteiger partial charge in [0.1, 0.15) is 0 Å². The standard InChI is InChI=1S/C9H15N5O2S/c1-10-7-11-8(16-4)13-9(12-7)17-5-6(15)14(2)3/h5H2,1-4H3,(H,10,11,12,13). The third-order valence-corrected chi connectivity index (χ3v) is 2.66. The minimum Gasteiger partial charge on any atom is -0.467 e. The first kappa shape index (κ1) is 13.5. The molecule has 1 heterocycles. The predicted octanol–water partition coefficient (Wildman–Crippen LogP) is 0.102. The van der Waals surface area contributed by atoms with E-state index in [-0.39, 0.29) is 17.7 Å². The first-order valence-corrected chi connectivity index (χ1v) is 5.86. The molecule has 8 heteroatoms. The van der Waals surface area contributed by atoms with Crippen LogP contribution in [0.2, 0.25) is 0 Å². The first-order valence-electron chi connectivity index (χ1n) is 4.87. The maximum absolute atomic E-state index is 11.4. The topological polar surface area (TPSA) is 80.2 Å². The van der Waals surface area contributed by atoms with Crippen LogP contribution in [0.1, 0.15) is 0 Å². The Bertz CT molecular complexity index is 377. The Labute approximate surface area is 104 Å². The smallest absolute Gasteiger partial charge is 0.321 e. The Morgan fingerprint density at radius 3 is 2.65 bits per heavy atom. The van der Waals surface area contributed by atoms with Crippen molar-refractivity contribution < 1.29 is 9.53 Å². The van der Waals surface area contributed by atoms with Gasteiger partial charge in [-0.25, -0.2) is 0 Å². The van der Waals surface area contributed by atoms with Gasteiger partial charge in [-0.3, -0.25) is 4.79 Å². The van der Waals surface area contributed by atoms with Crippen molar-refractivity contribution in [3.8, 4) is 6.01 Å². The van der Waals surface area contributed by atoms with Crippen molar-refractivity contribution in [1.29, 1.82) is 0 Å². The molecular weight excluding hydrogens is 242 g/mol. The van der Waals surface area contributed by atoms with Crippen LogP contribution >= 0.6 is 11.8 Å². The lowest BCUT2D eigenvalue weighted by atomic mass is 10.6. The molecule has 0 aromatic carbocycles. The van der Waals surface area contributed by atoms with Crippen LogP contribution in [-0.2, 0) is 4.79 Å².